The van der Waals surface area contributed by atoms with Gasteiger partial charge in [-0.3, -0.25) is 0 Å². The zero-order chi connectivity index (χ0) is 9.35. The van der Waals surface area contributed by atoms with E-state index in [9.17, 15) is 0 Å². The summed E-state index contributed by atoms with van der Waals surface area (Å²) in [5.74, 6) is 2.20. The summed E-state index contributed by atoms with van der Waals surface area (Å²) >= 11 is 9.35. The number of thiol groups is 2. The van der Waals surface area contributed by atoms with Crippen molar-refractivity contribution in [1.82, 2.24) is 0 Å². The van der Waals surface area contributed by atoms with E-state index in [0.29, 0.717) is 11.8 Å². The zero-order valence-electron chi connectivity index (χ0n) is 8.25. The summed E-state index contributed by atoms with van der Waals surface area (Å²) in [5.41, 5.74) is 0. The maximum absolute atomic E-state index is 4.68. The van der Waals surface area contributed by atoms with Gasteiger partial charge in [-0.2, -0.15) is 25.3 Å². The summed E-state index contributed by atoms with van der Waals surface area (Å²) in [5, 5.41) is 0. The lowest BCUT2D eigenvalue weighted by Crippen LogP contribution is -2.36. The molecule has 1 fully saturated rings. The van der Waals surface area contributed by atoms with E-state index in [4.69, 9.17) is 0 Å². The molecule has 0 aromatic heterocycles. The smallest absolute Gasteiger partial charge is 0.0584 e. The molecule has 0 bridgehead atoms. The van der Waals surface area contributed by atoms with Gasteiger partial charge in [-0.1, -0.05) is 27.2 Å². The van der Waals surface area contributed by atoms with Crippen LogP contribution in [0.5, 0.6) is 0 Å². The summed E-state index contributed by atoms with van der Waals surface area (Å²) in [7, 11) is 0. The summed E-state index contributed by atoms with van der Waals surface area (Å²) in [6, 6.07) is 0. The van der Waals surface area contributed by atoms with Gasteiger partial charge in [-0.15, -0.1) is 0 Å². The Labute approximate surface area is 87.3 Å². The molecule has 0 saturated heterocycles. The van der Waals surface area contributed by atoms with Crippen LogP contribution in [0.15, 0.2) is 0 Å². The van der Waals surface area contributed by atoms with Gasteiger partial charge in [0, 0.05) is 0 Å². The molecule has 2 heteroatoms. The van der Waals surface area contributed by atoms with E-state index < -0.39 is 0 Å². The van der Waals surface area contributed by atoms with Crippen molar-refractivity contribution in [3.05, 3.63) is 0 Å². The molecule has 1 rings (SSSR count). The zero-order valence-corrected chi connectivity index (χ0v) is 10.0. The van der Waals surface area contributed by atoms with Crippen molar-refractivity contribution >= 4 is 25.3 Å². The van der Waals surface area contributed by atoms with Crippen LogP contribution in [-0.4, -0.2) is 4.08 Å². The van der Waals surface area contributed by atoms with Crippen molar-refractivity contribution in [2.45, 2.75) is 44.1 Å². The summed E-state index contributed by atoms with van der Waals surface area (Å²) in [6.07, 6.45) is 3.81. The van der Waals surface area contributed by atoms with E-state index in [1.807, 2.05) is 0 Å². The highest BCUT2D eigenvalue weighted by molar-refractivity contribution is 8.00. The Kier molecular flexibility index (Phi) is 3.44. The molecule has 0 radical (unpaired) electrons. The predicted molar refractivity (Wildman–Crippen MR) is 62.0 cm³/mol. The molecule has 2 atom stereocenters. The molecule has 0 amide bonds. The van der Waals surface area contributed by atoms with Gasteiger partial charge in [-0.25, -0.2) is 0 Å². The first kappa shape index (κ1) is 10.8. The molecular weight excluding hydrogens is 184 g/mol. The van der Waals surface area contributed by atoms with E-state index in [2.05, 4.69) is 46.0 Å². The lowest BCUT2D eigenvalue weighted by Gasteiger charge is -2.42. The SMILES string of the molecule is CC1CCC(C(C)C)C(S)(S)C1. The third-order valence-electron chi connectivity index (χ3n) is 3.02. The molecule has 72 valence electrons. The lowest BCUT2D eigenvalue weighted by molar-refractivity contribution is 0.229. The Morgan fingerprint density at radius 1 is 1.25 bits per heavy atom. The largest absolute Gasteiger partial charge is 0.162 e. The van der Waals surface area contributed by atoms with Crippen LogP contribution in [-0.2, 0) is 0 Å². The molecule has 0 N–H and O–H groups in total. The van der Waals surface area contributed by atoms with Crippen molar-refractivity contribution in [3.8, 4) is 0 Å². The Morgan fingerprint density at radius 3 is 2.25 bits per heavy atom. The van der Waals surface area contributed by atoms with Gasteiger partial charge in [0.2, 0.25) is 0 Å². The second-order valence-electron chi connectivity index (χ2n) is 4.62. The van der Waals surface area contributed by atoms with E-state index in [1.165, 1.54) is 12.8 Å². The van der Waals surface area contributed by atoms with Crippen LogP contribution in [0.4, 0.5) is 0 Å². The third kappa shape index (κ3) is 2.35. The fourth-order valence-corrected chi connectivity index (χ4v) is 3.81. The summed E-state index contributed by atoms with van der Waals surface area (Å²) < 4.78 is -0.0220. The van der Waals surface area contributed by atoms with Crippen molar-refractivity contribution in [2.24, 2.45) is 17.8 Å². The number of hydrogen-bond donors (Lipinski definition) is 2. The van der Waals surface area contributed by atoms with Gasteiger partial charge in [0.1, 0.15) is 0 Å². The molecule has 0 spiro atoms. The van der Waals surface area contributed by atoms with Crippen molar-refractivity contribution in [3.63, 3.8) is 0 Å². The van der Waals surface area contributed by atoms with Crippen LogP contribution >= 0.6 is 25.3 Å². The lowest BCUT2D eigenvalue weighted by atomic mass is 9.76. The fourth-order valence-electron chi connectivity index (χ4n) is 2.33. The first-order valence-electron chi connectivity index (χ1n) is 4.88. The van der Waals surface area contributed by atoms with Gasteiger partial charge in [-0.05, 0) is 30.6 Å². The molecule has 1 aliphatic rings. The molecule has 0 aromatic carbocycles. The molecule has 0 aromatic rings. The Morgan fingerprint density at radius 2 is 1.83 bits per heavy atom. The molecular formula is C10H20S2. The number of rotatable bonds is 1. The third-order valence-corrected chi connectivity index (χ3v) is 4.05. The molecule has 1 saturated carbocycles. The second-order valence-corrected chi connectivity index (χ2v) is 6.56. The highest BCUT2D eigenvalue weighted by Gasteiger charge is 2.38. The minimum atomic E-state index is -0.0220. The Hall–Kier alpha value is 0.700. The van der Waals surface area contributed by atoms with Crippen LogP contribution in [0.2, 0.25) is 0 Å². The van der Waals surface area contributed by atoms with Crippen molar-refractivity contribution in [1.29, 1.82) is 0 Å². The van der Waals surface area contributed by atoms with Crippen LogP contribution in [0, 0.1) is 17.8 Å². The summed E-state index contributed by atoms with van der Waals surface area (Å²) in [6.45, 7) is 6.86. The van der Waals surface area contributed by atoms with Crippen molar-refractivity contribution in [2.75, 3.05) is 0 Å². The van der Waals surface area contributed by atoms with Gasteiger partial charge < -0.3 is 0 Å². The van der Waals surface area contributed by atoms with Crippen LogP contribution in [0.1, 0.15) is 40.0 Å². The first-order valence-corrected chi connectivity index (χ1v) is 5.77. The average molecular weight is 204 g/mol. The Balaban J connectivity index is 2.64. The molecule has 2 unspecified atom stereocenters. The predicted octanol–water partition coefficient (Wildman–Crippen LogP) is 3.63. The van der Waals surface area contributed by atoms with Crippen molar-refractivity contribution < 1.29 is 0 Å². The van der Waals surface area contributed by atoms with Gasteiger partial charge >= 0.3 is 0 Å². The monoisotopic (exact) mass is 204 g/mol. The maximum Gasteiger partial charge on any atom is 0.0584 e. The minimum absolute atomic E-state index is 0.0220. The quantitative estimate of drug-likeness (QED) is 0.473. The average Bonchev–Trinajstić information content (AvgIpc) is 1.82. The van der Waals surface area contributed by atoms with Crippen LogP contribution in [0.25, 0.3) is 0 Å². The standard InChI is InChI=1S/C10H20S2/c1-7(2)9-5-4-8(3)6-10(9,11)12/h7-9,11-12H,4-6H2,1-3H3. The number of hydrogen-bond acceptors (Lipinski definition) is 2. The van der Waals surface area contributed by atoms with E-state index >= 15 is 0 Å². The van der Waals surface area contributed by atoms with Crippen LogP contribution in [0.3, 0.4) is 0 Å². The molecule has 12 heavy (non-hydrogen) atoms. The Bertz CT molecular complexity index is 152. The molecule has 0 aliphatic heterocycles. The molecule has 0 nitrogen and oxygen atoms in total. The maximum atomic E-state index is 4.68. The van der Waals surface area contributed by atoms with E-state index in [1.54, 1.807) is 0 Å². The highest BCUT2D eigenvalue weighted by atomic mass is 32.2. The highest BCUT2D eigenvalue weighted by Crippen LogP contribution is 2.47. The normalized spacial score (nSPS) is 35.5. The van der Waals surface area contributed by atoms with Crippen LogP contribution < -0.4 is 0 Å². The first-order chi connectivity index (χ1) is 5.43. The molecule has 1 aliphatic carbocycles. The molecule has 0 heterocycles. The second kappa shape index (κ2) is 3.83. The minimum Gasteiger partial charge on any atom is -0.162 e. The van der Waals surface area contributed by atoms with E-state index in [0.717, 1.165) is 12.3 Å². The van der Waals surface area contributed by atoms with Gasteiger partial charge in [0.15, 0.2) is 0 Å². The van der Waals surface area contributed by atoms with Gasteiger partial charge in [0.05, 0.1) is 4.08 Å². The van der Waals surface area contributed by atoms with Gasteiger partial charge in [0.25, 0.3) is 0 Å². The van der Waals surface area contributed by atoms with E-state index in [-0.39, 0.29) is 4.08 Å². The topological polar surface area (TPSA) is 0 Å². The summed E-state index contributed by atoms with van der Waals surface area (Å²) in [4.78, 5) is 0. The fraction of sp³-hybridized carbons (Fsp3) is 1.00.